The number of nitrogens with one attached hydrogen (secondary N) is 2. The van der Waals surface area contributed by atoms with Crippen molar-refractivity contribution in [1.82, 2.24) is 10.6 Å². The van der Waals surface area contributed by atoms with Crippen LogP contribution in [0, 0.1) is 11.8 Å². The monoisotopic (exact) mass is 242 g/mol. The molecule has 17 heavy (non-hydrogen) atoms. The van der Waals surface area contributed by atoms with E-state index in [9.17, 15) is 9.59 Å². The first kappa shape index (κ1) is 13.8. The molecule has 98 valence electrons. The SMILES string of the molecule is CC1CCC(CNC(=O)N[C@@H](C)C(=O)O)CC1. The third kappa shape index (κ3) is 5.06. The molecule has 3 N–H and O–H groups in total. The van der Waals surface area contributed by atoms with E-state index in [2.05, 4.69) is 17.6 Å². The van der Waals surface area contributed by atoms with Gasteiger partial charge >= 0.3 is 12.0 Å². The maximum atomic E-state index is 11.4. The summed E-state index contributed by atoms with van der Waals surface area (Å²) >= 11 is 0. The zero-order valence-electron chi connectivity index (χ0n) is 10.5. The van der Waals surface area contributed by atoms with Crippen LogP contribution in [0.4, 0.5) is 4.79 Å². The highest BCUT2D eigenvalue weighted by molar-refractivity contribution is 5.82. The minimum atomic E-state index is -1.02. The van der Waals surface area contributed by atoms with Crippen LogP contribution in [0.2, 0.25) is 0 Å². The second-order valence-corrected chi connectivity index (χ2v) is 5.04. The number of carboxylic acid groups (broad SMARTS) is 1. The highest BCUT2D eigenvalue weighted by Gasteiger charge is 2.19. The van der Waals surface area contributed by atoms with Gasteiger partial charge in [0.05, 0.1) is 0 Å². The third-order valence-electron chi connectivity index (χ3n) is 3.40. The van der Waals surface area contributed by atoms with E-state index in [4.69, 9.17) is 5.11 Å². The fourth-order valence-corrected chi connectivity index (χ4v) is 2.08. The number of rotatable bonds is 4. The van der Waals surface area contributed by atoms with E-state index >= 15 is 0 Å². The van der Waals surface area contributed by atoms with Crippen molar-refractivity contribution in [1.29, 1.82) is 0 Å². The summed E-state index contributed by atoms with van der Waals surface area (Å²) in [5, 5.41) is 13.8. The molecule has 0 spiro atoms. The number of hydrogen-bond acceptors (Lipinski definition) is 2. The summed E-state index contributed by atoms with van der Waals surface area (Å²) in [6, 6.07) is -1.24. The van der Waals surface area contributed by atoms with Crippen LogP contribution in [-0.2, 0) is 4.79 Å². The number of carbonyl (C=O) groups is 2. The van der Waals surface area contributed by atoms with E-state index in [-0.39, 0.29) is 0 Å². The van der Waals surface area contributed by atoms with E-state index in [1.165, 1.54) is 19.8 Å². The Balaban J connectivity index is 2.17. The Morgan fingerprint density at radius 1 is 1.29 bits per heavy atom. The van der Waals surface area contributed by atoms with Crippen molar-refractivity contribution in [2.75, 3.05) is 6.54 Å². The van der Waals surface area contributed by atoms with Crippen LogP contribution in [0.3, 0.4) is 0 Å². The van der Waals surface area contributed by atoms with Gasteiger partial charge in [-0.15, -0.1) is 0 Å². The van der Waals surface area contributed by atoms with Crippen LogP contribution >= 0.6 is 0 Å². The van der Waals surface area contributed by atoms with Crippen LogP contribution in [0.1, 0.15) is 39.5 Å². The molecule has 2 amide bonds. The minimum absolute atomic E-state index is 0.390. The van der Waals surface area contributed by atoms with Gasteiger partial charge in [-0.1, -0.05) is 19.8 Å². The number of hydrogen-bond donors (Lipinski definition) is 3. The van der Waals surface area contributed by atoms with Gasteiger partial charge in [0, 0.05) is 6.54 Å². The summed E-state index contributed by atoms with van der Waals surface area (Å²) < 4.78 is 0. The lowest BCUT2D eigenvalue weighted by Crippen LogP contribution is -2.45. The molecule has 0 heterocycles. The highest BCUT2D eigenvalue weighted by atomic mass is 16.4. The molecule has 1 saturated carbocycles. The zero-order chi connectivity index (χ0) is 12.8. The van der Waals surface area contributed by atoms with E-state index in [1.807, 2.05) is 0 Å². The molecule has 1 fully saturated rings. The fraction of sp³-hybridized carbons (Fsp3) is 0.833. The third-order valence-corrected chi connectivity index (χ3v) is 3.40. The van der Waals surface area contributed by atoms with Crippen LogP contribution < -0.4 is 10.6 Å². The van der Waals surface area contributed by atoms with Crippen molar-refractivity contribution in [3.63, 3.8) is 0 Å². The van der Waals surface area contributed by atoms with E-state index in [0.29, 0.717) is 12.5 Å². The molecule has 0 aromatic rings. The molecule has 1 aliphatic carbocycles. The molecule has 0 radical (unpaired) electrons. The van der Waals surface area contributed by atoms with E-state index in [0.717, 1.165) is 18.8 Å². The molecule has 1 rings (SSSR count). The highest BCUT2D eigenvalue weighted by Crippen LogP contribution is 2.27. The number of urea groups is 1. The maximum Gasteiger partial charge on any atom is 0.325 e. The maximum absolute atomic E-state index is 11.4. The van der Waals surface area contributed by atoms with Crippen LogP contribution in [0.15, 0.2) is 0 Å². The van der Waals surface area contributed by atoms with Gasteiger partial charge < -0.3 is 15.7 Å². The van der Waals surface area contributed by atoms with E-state index < -0.39 is 18.0 Å². The Morgan fingerprint density at radius 2 is 1.88 bits per heavy atom. The molecule has 0 saturated heterocycles. The lowest BCUT2D eigenvalue weighted by molar-refractivity contribution is -0.138. The van der Waals surface area contributed by atoms with Gasteiger partial charge in [0.2, 0.25) is 0 Å². The lowest BCUT2D eigenvalue weighted by Gasteiger charge is -2.26. The molecule has 1 aliphatic rings. The molecule has 0 aliphatic heterocycles. The second kappa shape index (κ2) is 6.47. The van der Waals surface area contributed by atoms with Gasteiger partial charge in [-0.05, 0) is 31.6 Å². The summed E-state index contributed by atoms with van der Waals surface area (Å²) in [5.41, 5.74) is 0. The Kier molecular flexibility index (Phi) is 5.25. The standard InChI is InChI=1S/C12H22N2O3/c1-8-3-5-10(6-4-8)7-13-12(17)14-9(2)11(15)16/h8-10H,3-7H2,1-2H3,(H,15,16)(H2,13,14,17)/t8?,9-,10?/m0/s1. The second-order valence-electron chi connectivity index (χ2n) is 5.04. The van der Waals surface area contributed by atoms with E-state index in [1.54, 1.807) is 0 Å². The van der Waals surface area contributed by atoms with Gasteiger partial charge in [-0.2, -0.15) is 0 Å². The number of carboxylic acids is 1. The summed E-state index contributed by atoms with van der Waals surface area (Å²) in [4.78, 5) is 21.9. The Morgan fingerprint density at radius 3 is 2.41 bits per heavy atom. The first-order chi connectivity index (χ1) is 7.99. The predicted molar refractivity (Wildman–Crippen MR) is 64.8 cm³/mol. The van der Waals surface area contributed by atoms with Crippen molar-refractivity contribution >= 4 is 12.0 Å². The van der Waals surface area contributed by atoms with Crippen molar-refractivity contribution in [3.8, 4) is 0 Å². The average Bonchev–Trinajstić information content (AvgIpc) is 2.28. The van der Waals surface area contributed by atoms with Gasteiger partial charge in [-0.3, -0.25) is 4.79 Å². The molecule has 0 unspecified atom stereocenters. The van der Waals surface area contributed by atoms with Gasteiger partial charge in [0.25, 0.3) is 0 Å². The molecule has 0 aromatic heterocycles. The quantitative estimate of drug-likeness (QED) is 0.700. The van der Waals surface area contributed by atoms with Gasteiger partial charge in [-0.25, -0.2) is 4.79 Å². The molecule has 5 nitrogen and oxygen atoms in total. The molecule has 1 atom stereocenters. The smallest absolute Gasteiger partial charge is 0.325 e. The Hall–Kier alpha value is -1.26. The topological polar surface area (TPSA) is 78.4 Å². The van der Waals surface area contributed by atoms with Gasteiger partial charge in [0.15, 0.2) is 0 Å². The zero-order valence-corrected chi connectivity index (χ0v) is 10.5. The van der Waals surface area contributed by atoms with Crippen molar-refractivity contribution < 1.29 is 14.7 Å². The van der Waals surface area contributed by atoms with Crippen molar-refractivity contribution in [3.05, 3.63) is 0 Å². The molecule has 0 bridgehead atoms. The molecule has 0 aromatic carbocycles. The number of carbonyl (C=O) groups excluding carboxylic acids is 1. The molecule has 5 heteroatoms. The predicted octanol–water partition coefficient (Wildman–Crippen LogP) is 1.58. The number of amides is 2. The van der Waals surface area contributed by atoms with Crippen LogP contribution in [-0.4, -0.2) is 29.7 Å². The lowest BCUT2D eigenvalue weighted by atomic mass is 9.83. The summed E-state index contributed by atoms with van der Waals surface area (Å²) in [7, 11) is 0. The van der Waals surface area contributed by atoms with Crippen molar-refractivity contribution in [2.24, 2.45) is 11.8 Å². The first-order valence-electron chi connectivity index (χ1n) is 6.26. The minimum Gasteiger partial charge on any atom is -0.480 e. The van der Waals surface area contributed by atoms with Crippen LogP contribution in [0.5, 0.6) is 0 Å². The Bertz CT molecular complexity index is 273. The summed E-state index contributed by atoms with van der Waals surface area (Å²) in [6.07, 6.45) is 4.74. The van der Waals surface area contributed by atoms with Crippen molar-refractivity contribution in [2.45, 2.75) is 45.6 Å². The molecular weight excluding hydrogens is 220 g/mol. The fourth-order valence-electron chi connectivity index (χ4n) is 2.08. The Labute approximate surface area is 102 Å². The van der Waals surface area contributed by atoms with Gasteiger partial charge in [0.1, 0.15) is 6.04 Å². The largest absolute Gasteiger partial charge is 0.480 e. The number of aliphatic carboxylic acids is 1. The summed E-state index contributed by atoms with van der Waals surface area (Å²) in [6.45, 7) is 4.35. The van der Waals surface area contributed by atoms with Crippen LogP contribution in [0.25, 0.3) is 0 Å². The first-order valence-corrected chi connectivity index (χ1v) is 6.26. The summed E-state index contributed by atoms with van der Waals surface area (Å²) in [5.74, 6) is 0.316. The molecular formula is C12H22N2O3. The normalized spacial score (nSPS) is 26.0. The average molecular weight is 242 g/mol.